The Hall–Kier alpha value is -1.39. The molecule has 0 atom stereocenters. The van der Waals surface area contributed by atoms with Gasteiger partial charge in [-0.1, -0.05) is 26.0 Å². The second kappa shape index (κ2) is 7.92. The smallest absolute Gasteiger partial charge is 0.238 e. The van der Waals surface area contributed by atoms with Crippen LogP contribution in [0, 0.1) is 0 Å². The Morgan fingerprint density at radius 2 is 2.16 bits per heavy atom. The number of hydrogen-bond donors (Lipinski definition) is 2. The SMILES string of the molecule is CC(C)c1cccc(NC(=O)CN(C)CCCN)c1. The van der Waals surface area contributed by atoms with E-state index >= 15 is 0 Å². The average Bonchev–Trinajstić information content (AvgIpc) is 2.36. The molecule has 3 N–H and O–H groups in total. The Labute approximate surface area is 116 Å². The maximum absolute atomic E-state index is 11.9. The number of nitrogens with two attached hydrogens (primary N) is 1. The number of hydrogen-bond acceptors (Lipinski definition) is 3. The van der Waals surface area contributed by atoms with Crippen LogP contribution in [0.25, 0.3) is 0 Å². The molecule has 0 saturated carbocycles. The van der Waals surface area contributed by atoms with E-state index in [1.807, 2.05) is 30.1 Å². The Morgan fingerprint density at radius 1 is 1.42 bits per heavy atom. The molecule has 0 bridgehead atoms. The van der Waals surface area contributed by atoms with Crippen molar-refractivity contribution in [3.8, 4) is 0 Å². The first kappa shape index (κ1) is 15.7. The molecule has 4 heteroatoms. The number of rotatable bonds is 7. The van der Waals surface area contributed by atoms with Crippen LogP contribution >= 0.6 is 0 Å². The predicted molar refractivity (Wildman–Crippen MR) is 80.3 cm³/mol. The summed E-state index contributed by atoms with van der Waals surface area (Å²) in [6, 6.07) is 8.00. The second-order valence-electron chi connectivity index (χ2n) is 5.21. The van der Waals surface area contributed by atoms with Gasteiger partial charge in [0, 0.05) is 5.69 Å². The van der Waals surface area contributed by atoms with Crippen molar-refractivity contribution in [1.29, 1.82) is 0 Å². The van der Waals surface area contributed by atoms with Crippen LogP contribution < -0.4 is 11.1 Å². The van der Waals surface area contributed by atoms with Gasteiger partial charge >= 0.3 is 0 Å². The lowest BCUT2D eigenvalue weighted by atomic mass is 10.0. The summed E-state index contributed by atoms with van der Waals surface area (Å²) < 4.78 is 0. The molecule has 4 nitrogen and oxygen atoms in total. The largest absolute Gasteiger partial charge is 0.330 e. The molecule has 0 saturated heterocycles. The number of nitrogens with one attached hydrogen (secondary N) is 1. The van der Waals surface area contributed by atoms with Crippen LogP contribution in [0.4, 0.5) is 5.69 Å². The van der Waals surface area contributed by atoms with Gasteiger partial charge in [0.05, 0.1) is 6.54 Å². The summed E-state index contributed by atoms with van der Waals surface area (Å²) in [6.07, 6.45) is 0.909. The second-order valence-corrected chi connectivity index (χ2v) is 5.21. The number of anilines is 1. The molecule has 0 heterocycles. The van der Waals surface area contributed by atoms with E-state index in [1.54, 1.807) is 0 Å². The fourth-order valence-corrected chi connectivity index (χ4v) is 1.86. The normalized spacial score (nSPS) is 11.1. The maximum Gasteiger partial charge on any atom is 0.238 e. The van der Waals surface area contributed by atoms with Crippen LogP contribution in [-0.4, -0.2) is 37.5 Å². The molecule has 0 aliphatic carbocycles. The Kier molecular flexibility index (Phi) is 6.53. The zero-order valence-corrected chi connectivity index (χ0v) is 12.1. The minimum atomic E-state index is 0.0143. The summed E-state index contributed by atoms with van der Waals surface area (Å²) in [4.78, 5) is 13.9. The van der Waals surface area contributed by atoms with E-state index < -0.39 is 0 Å². The summed E-state index contributed by atoms with van der Waals surface area (Å²) in [6.45, 7) is 6.17. The van der Waals surface area contributed by atoms with Crippen molar-refractivity contribution in [1.82, 2.24) is 4.90 Å². The highest BCUT2D eigenvalue weighted by Crippen LogP contribution is 2.18. The maximum atomic E-state index is 11.9. The summed E-state index contributed by atoms with van der Waals surface area (Å²) in [7, 11) is 1.93. The number of nitrogens with zero attached hydrogens (tertiary/aromatic N) is 1. The van der Waals surface area contributed by atoms with Gasteiger partial charge in [-0.05, 0) is 50.2 Å². The van der Waals surface area contributed by atoms with Crippen molar-refractivity contribution in [3.63, 3.8) is 0 Å². The van der Waals surface area contributed by atoms with E-state index in [2.05, 4.69) is 25.2 Å². The van der Waals surface area contributed by atoms with Gasteiger partial charge in [-0.3, -0.25) is 9.69 Å². The minimum absolute atomic E-state index is 0.0143. The van der Waals surface area contributed by atoms with Gasteiger partial charge in [-0.25, -0.2) is 0 Å². The lowest BCUT2D eigenvalue weighted by molar-refractivity contribution is -0.117. The van der Waals surface area contributed by atoms with Crippen molar-refractivity contribution >= 4 is 11.6 Å². The molecule has 1 aromatic carbocycles. The lowest BCUT2D eigenvalue weighted by Gasteiger charge is -2.16. The monoisotopic (exact) mass is 263 g/mol. The molecule has 106 valence electrons. The van der Waals surface area contributed by atoms with Crippen LogP contribution in [0.2, 0.25) is 0 Å². The van der Waals surface area contributed by atoms with Crippen molar-refractivity contribution < 1.29 is 4.79 Å². The first-order valence-corrected chi connectivity index (χ1v) is 6.81. The number of carbonyl (C=O) groups is 1. The van der Waals surface area contributed by atoms with Crippen LogP contribution in [-0.2, 0) is 4.79 Å². The van der Waals surface area contributed by atoms with Crippen molar-refractivity contribution in [3.05, 3.63) is 29.8 Å². The molecule has 1 aromatic rings. The van der Waals surface area contributed by atoms with Crippen molar-refractivity contribution in [2.24, 2.45) is 5.73 Å². The van der Waals surface area contributed by atoms with Gasteiger partial charge in [0.15, 0.2) is 0 Å². The molecule has 1 rings (SSSR count). The first-order valence-electron chi connectivity index (χ1n) is 6.81. The van der Waals surface area contributed by atoms with Crippen LogP contribution in [0.15, 0.2) is 24.3 Å². The van der Waals surface area contributed by atoms with Gasteiger partial charge in [0.25, 0.3) is 0 Å². The highest BCUT2D eigenvalue weighted by molar-refractivity contribution is 5.92. The molecule has 0 unspecified atom stereocenters. The highest BCUT2D eigenvalue weighted by atomic mass is 16.2. The van der Waals surface area contributed by atoms with E-state index in [4.69, 9.17) is 5.73 Å². The fourth-order valence-electron chi connectivity index (χ4n) is 1.86. The molecular weight excluding hydrogens is 238 g/mol. The molecule has 0 radical (unpaired) electrons. The summed E-state index contributed by atoms with van der Waals surface area (Å²) in [5.41, 5.74) is 7.54. The number of amides is 1. The third-order valence-corrected chi connectivity index (χ3v) is 2.99. The van der Waals surface area contributed by atoms with Crippen LogP contribution in [0.1, 0.15) is 31.7 Å². The minimum Gasteiger partial charge on any atom is -0.330 e. The Bertz CT molecular complexity index is 404. The standard InChI is InChI=1S/C15H25N3O/c1-12(2)13-6-4-7-14(10-13)17-15(19)11-18(3)9-5-8-16/h4,6-7,10,12H,5,8-9,11,16H2,1-3H3,(H,17,19). The fraction of sp³-hybridized carbons (Fsp3) is 0.533. The van der Waals surface area contributed by atoms with Crippen LogP contribution in [0.5, 0.6) is 0 Å². The molecular formula is C15H25N3O. The first-order chi connectivity index (χ1) is 9.02. The lowest BCUT2D eigenvalue weighted by Crippen LogP contribution is -2.31. The zero-order valence-electron chi connectivity index (χ0n) is 12.1. The number of carbonyl (C=O) groups excluding carboxylic acids is 1. The molecule has 0 aromatic heterocycles. The van der Waals surface area contributed by atoms with E-state index in [0.29, 0.717) is 19.0 Å². The van der Waals surface area contributed by atoms with Crippen molar-refractivity contribution in [2.45, 2.75) is 26.2 Å². The van der Waals surface area contributed by atoms with E-state index in [9.17, 15) is 4.79 Å². The summed E-state index contributed by atoms with van der Waals surface area (Å²) in [5, 5.41) is 2.93. The Morgan fingerprint density at radius 3 is 2.79 bits per heavy atom. The average molecular weight is 263 g/mol. The van der Waals surface area contributed by atoms with Gasteiger partial charge in [0.2, 0.25) is 5.91 Å². The molecule has 0 aliphatic rings. The molecule has 1 amide bonds. The van der Waals surface area contributed by atoms with Gasteiger partial charge < -0.3 is 11.1 Å². The highest BCUT2D eigenvalue weighted by Gasteiger charge is 2.07. The summed E-state index contributed by atoms with van der Waals surface area (Å²) >= 11 is 0. The van der Waals surface area contributed by atoms with Gasteiger partial charge in [0.1, 0.15) is 0 Å². The van der Waals surface area contributed by atoms with E-state index in [-0.39, 0.29) is 5.91 Å². The van der Waals surface area contributed by atoms with Gasteiger partial charge in [-0.15, -0.1) is 0 Å². The van der Waals surface area contributed by atoms with Crippen LogP contribution in [0.3, 0.4) is 0 Å². The number of benzene rings is 1. The molecule has 0 aliphatic heterocycles. The predicted octanol–water partition coefficient (Wildman–Crippen LogP) is 2.03. The molecule has 19 heavy (non-hydrogen) atoms. The molecule has 0 spiro atoms. The number of likely N-dealkylation sites (N-methyl/N-ethyl adjacent to an activating group) is 1. The topological polar surface area (TPSA) is 58.4 Å². The zero-order chi connectivity index (χ0) is 14.3. The third kappa shape index (κ3) is 5.85. The van der Waals surface area contributed by atoms with Gasteiger partial charge in [-0.2, -0.15) is 0 Å². The molecule has 0 fully saturated rings. The van der Waals surface area contributed by atoms with Crippen molar-refractivity contribution in [2.75, 3.05) is 32.0 Å². The Balaban J connectivity index is 2.50. The quantitative estimate of drug-likeness (QED) is 0.791. The summed E-state index contributed by atoms with van der Waals surface area (Å²) in [5.74, 6) is 0.476. The van der Waals surface area contributed by atoms with E-state index in [1.165, 1.54) is 5.56 Å². The van der Waals surface area contributed by atoms with E-state index in [0.717, 1.165) is 18.7 Å². The third-order valence-electron chi connectivity index (χ3n) is 2.99.